The van der Waals surface area contributed by atoms with Gasteiger partial charge in [-0.05, 0) is 36.1 Å². The first-order valence-corrected chi connectivity index (χ1v) is 10.4. The Labute approximate surface area is 168 Å². The normalized spacial score (nSPS) is 13.3. The molecule has 28 heavy (non-hydrogen) atoms. The SMILES string of the molecule is C=CCn1c(SCC(=O)Nc2ccc(-c3ccccc3)cc2)nnc1C1CC1. The predicted molar refractivity (Wildman–Crippen MR) is 113 cm³/mol. The number of hydrogen-bond donors (Lipinski definition) is 1. The first kappa shape index (κ1) is 18.5. The van der Waals surface area contributed by atoms with Gasteiger partial charge in [0, 0.05) is 18.2 Å². The van der Waals surface area contributed by atoms with E-state index in [-0.39, 0.29) is 5.91 Å². The standard InChI is InChI=1S/C22H22N4OS/c1-2-14-26-21(18-8-9-18)24-25-22(26)28-15-20(27)23-19-12-10-17(11-13-19)16-6-4-3-5-7-16/h2-7,10-13,18H,1,8-9,14-15H2,(H,23,27). The van der Waals surface area contributed by atoms with Crippen LogP contribution in [0.1, 0.15) is 24.6 Å². The Morgan fingerprint density at radius 3 is 2.50 bits per heavy atom. The molecule has 0 radical (unpaired) electrons. The number of nitrogens with zero attached hydrogens (tertiary/aromatic N) is 3. The molecule has 0 saturated heterocycles. The molecule has 1 saturated carbocycles. The van der Waals surface area contributed by atoms with Crippen LogP contribution in [-0.2, 0) is 11.3 Å². The highest BCUT2D eigenvalue weighted by Gasteiger charge is 2.30. The summed E-state index contributed by atoms with van der Waals surface area (Å²) in [7, 11) is 0. The molecule has 1 aromatic heterocycles. The molecular formula is C22H22N4OS. The minimum absolute atomic E-state index is 0.0569. The lowest BCUT2D eigenvalue weighted by molar-refractivity contribution is -0.113. The van der Waals surface area contributed by atoms with Gasteiger partial charge in [-0.25, -0.2) is 0 Å². The largest absolute Gasteiger partial charge is 0.325 e. The fourth-order valence-corrected chi connectivity index (χ4v) is 3.81. The van der Waals surface area contributed by atoms with Crippen LogP contribution in [0.3, 0.4) is 0 Å². The smallest absolute Gasteiger partial charge is 0.234 e. The van der Waals surface area contributed by atoms with E-state index in [4.69, 9.17) is 0 Å². The maximum atomic E-state index is 12.4. The lowest BCUT2D eigenvalue weighted by Gasteiger charge is -2.08. The van der Waals surface area contributed by atoms with E-state index in [9.17, 15) is 4.79 Å². The van der Waals surface area contributed by atoms with Gasteiger partial charge in [0.1, 0.15) is 5.82 Å². The van der Waals surface area contributed by atoms with Gasteiger partial charge in [0.25, 0.3) is 0 Å². The second-order valence-corrected chi connectivity index (χ2v) is 7.74. The van der Waals surface area contributed by atoms with Crippen molar-refractivity contribution in [3.05, 3.63) is 73.1 Å². The lowest BCUT2D eigenvalue weighted by atomic mass is 10.1. The summed E-state index contributed by atoms with van der Waals surface area (Å²) < 4.78 is 2.07. The van der Waals surface area contributed by atoms with Gasteiger partial charge >= 0.3 is 0 Å². The number of hydrogen-bond acceptors (Lipinski definition) is 4. The van der Waals surface area contributed by atoms with Crippen molar-refractivity contribution in [2.45, 2.75) is 30.5 Å². The topological polar surface area (TPSA) is 59.8 Å². The van der Waals surface area contributed by atoms with Crippen LogP contribution in [0.15, 0.2) is 72.4 Å². The summed E-state index contributed by atoms with van der Waals surface area (Å²) >= 11 is 1.41. The lowest BCUT2D eigenvalue weighted by Crippen LogP contribution is -2.14. The van der Waals surface area contributed by atoms with E-state index in [1.165, 1.54) is 24.6 Å². The number of benzene rings is 2. The zero-order chi connectivity index (χ0) is 19.3. The summed E-state index contributed by atoms with van der Waals surface area (Å²) in [6.45, 7) is 4.48. The van der Waals surface area contributed by atoms with Gasteiger partial charge in [-0.15, -0.1) is 16.8 Å². The molecule has 3 aromatic rings. The predicted octanol–water partition coefficient (Wildman–Crippen LogP) is 4.74. The quantitative estimate of drug-likeness (QED) is 0.446. The van der Waals surface area contributed by atoms with E-state index >= 15 is 0 Å². The maximum absolute atomic E-state index is 12.4. The average Bonchev–Trinajstić information content (AvgIpc) is 3.49. The number of nitrogens with one attached hydrogen (secondary N) is 1. The van der Waals surface area contributed by atoms with Crippen LogP contribution in [0.2, 0.25) is 0 Å². The highest BCUT2D eigenvalue weighted by molar-refractivity contribution is 7.99. The van der Waals surface area contributed by atoms with Gasteiger partial charge in [-0.1, -0.05) is 60.3 Å². The van der Waals surface area contributed by atoms with Crippen molar-refractivity contribution in [3.8, 4) is 11.1 Å². The minimum Gasteiger partial charge on any atom is -0.325 e. The molecule has 4 rings (SSSR count). The Kier molecular flexibility index (Phi) is 5.58. The van der Waals surface area contributed by atoms with E-state index in [1.54, 1.807) is 0 Å². The number of allylic oxidation sites excluding steroid dienone is 1. The Morgan fingerprint density at radius 1 is 1.11 bits per heavy atom. The van der Waals surface area contributed by atoms with Gasteiger partial charge in [0.05, 0.1) is 5.75 Å². The van der Waals surface area contributed by atoms with Crippen LogP contribution in [0.4, 0.5) is 5.69 Å². The van der Waals surface area contributed by atoms with Gasteiger partial charge in [0.2, 0.25) is 5.91 Å². The van der Waals surface area contributed by atoms with Crippen LogP contribution >= 0.6 is 11.8 Å². The summed E-state index contributed by atoms with van der Waals surface area (Å²) in [4.78, 5) is 12.4. The average molecular weight is 391 g/mol. The van der Waals surface area contributed by atoms with Crippen molar-refractivity contribution in [2.24, 2.45) is 0 Å². The molecule has 0 spiro atoms. The number of carbonyl (C=O) groups is 1. The molecule has 1 aliphatic rings. The van der Waals surface area contributed by atoms with Crippen LogP contribution < -0.4 is 5.32 Å². The van der Waals surface area contributed by atoms with Crippen LogP contribution in [0, 0.1) is 0 Å². The maximum Gasteiger partial charge on any atom is 0.234 e. The van der Waals surface area contributed by atoms with Crippen molar-refractivity contribution in [2.75, 3.05) is 11.1 Å². The highest BCUT2D eigenvalue weighted by atomic mass is 32.2. The third-order valence-corrected chi connectivity index (χ3v) is 5.57. The van der Waals surface area contributed by atoms with E-state index in [0.29, 0.717) is 18.2 Å². The molecule has 1 amide bonds. The van der Waals surface area contributed by atoms with Crippen LogP contribution in [0.25, 0.3) is 11.1 Å². The minimum atomic E-state index is -0.0569. The van der Waals surface area contributed by atoms with Crippen LogP contribution in [0.5, 0.6) is 0 Å². The number of rotatable bonds is 8. The van der Waals surface area contributed by atoms with Crippen molar-refractivity contribution in [3.63, 3.8) is 0 Å². The molecule has 1 N–H and O–H groups in total. The van der Waals surface area contributed by atoms with Crippen molar-refractivity contribution in [1.82, 2.24) is 14.8 Å². The van der Waals surface area contributed by atoms with Crippen molar-refractivity contribution >= 4 is 23.4 Å². The van der Waals surface area contributed by atoms with Crippen molar-refractivity contribution in [1.29, 1.82) is 0 Å². The second-order valence-electron chi connectivity index (χ2n) is 6.79. The van der Waals surface area contributed by atoms with E-state index < -0.39 is 0 Å². The third-order valence-electron chi connectivity index (χ3n) is 4.61. The van der Waals surface area contributed by atoms with Crippen LogP contribution in [-0.4, -0.2) is 26.4 Å². The molecule has 1 aliphatic carbocycles. The molecule has 0 unspecified atom stereocenters. The summed E-state index contributed by atoms with van der Waals surface area (Å²) in [5.41, 5.74) is 3.07. The molecular weight excluding hydrogens is 368 g/mol. The molecule has 142 valence electrons. The van der Waals surface area contributed by atoms with E-state index in [0.717, 1.165) is 27.8 Å². The Morgan fingerprint density at radius 2 is 1.82 bits per heavy atom. The summed E-state index contributed by atoms with van der Waals surface area (Å²) in [6.07, 6.45) is 4.17. The number of anilines is 1. The highest BCUT2D eigenvalue weighted by Crippen LogP contribution is 2.40. The van der Waals surface area contributed by atoms with Gasteiger partial charge < -0.3 is 9.88 Å². The monoisotopic (exact) mass is 390 g/mol. The molecule has 0 bridgehead atoms. The first-order valence-electron chi connectivity index (χ1n) is 9.36. The summed E-state index contributed by atoms with van der Waals surface area (Å²) in [5, 5.41) is 12.3. The Bertz CT molecular complexity index is 962. The van der Waals surface area contributed by atoms with Crippen molar-refractivity contribution < 1.29 is 4.79 Å². The number of aromatic nitrogens is 3. The molecule has 6 heteroatoms. The number of amides is 1. The van der Waals surface area contributed by atoms with Gasteiger partial charge in [0.15, 0.2) is 5.16 Å². The molecule has 5 nitrogen and oxygen atoms in total. The molecule has 0 aliphatic heterocycles. The Hall–Kier alpha value is -2.86. The third kappa shape index (κ3) is 4.34. The number of carbonyl (C=O) groups excluding carboxylic acids is 1. The van der Waals surface area contributed by atoms with E-state index in [1.807, 2.05) is 48.5 Å². The molecule has 1 fully saturated rings. The fourth-order valence-electron chi connectivity index (χ4n) is 3.05. The van der Waals surface area contributed by atoms with Gasteiger partial charge in [-0.3, -0.25) is 4.79 Å². The molecule has 1 heterocycles. The fraction of sp³-hybridized carbons (Fsp3) is 0.227. The molecule has 0 atom stereocenters. The Balaban J connectivity index is 1.35. The first-order chi connectivity index (χ1) is 13.7. The van der Waals surface area contributed by atoms with Gasteiger partial charge in [-0.2, -0.15) is 0 Å². The molecule has 2 aromatic carbocycles. The second kappa shape index (κ2) is 8.44. The summed E-state index contributed by atoms with van der Waals surface area (Å²) in [6, 6.07) is 18.1. The zero-order valence-electron chi connectivity index (χ0n) is 15.5. The van der Waals surface area contributed by atoms with E-state index in [2.05, 4.69) is 38.8 Å². The summed E-state index contributed by atoms with van der Waals surface area (Å²) in [5.74, 6) is 1.76. The number of thioether (sulfide) groups is 1. The zero-order valence-corrected chi connectivity index (χ0v) is 16.4.